The summed E-state index contributed by atoms with van der Waals surface area (Å²) in [4.78, 5) is 0. The van der Waals surface area contributed by atoms with E-state index in [1.54, 1.807) is 11.1 Å². The van der Waals surface area contributed by atoms with E-state index >= 15 is 0 Å². The third kappa shape index (κ3) is 1.69. The highest BCUT2D eigenvalue weighted by molar-refractivity contribution is 5.93. The van der Waals surface area contributed by atoms with Gasteiger partial charge < -0.3 is 4.48 Å². The molecular formula is C21H24N+. The van der Waals surface area contributed by atoms with Crippen molar-refractivity contribution in [3.8, 4) is 0 Å². The summed E-state index contributed by atoms with van der Waals surface area (Å²) in [5.74, 6) is 0. The van der Waals surface area contributed by atoms with Crippen molar-refractivity contribution in [1.29, 1.82) is 0 Å². The van der Waals surface area contributed by atoms with E-state index in [9.17, 15) is 0 Å². The summed E-state index contributed by atoms with van der Waals surface area (Å²) in [5.41, 5.74) is 5.19. The number of hydrogen-bond acceptors (Lipinski definition) is 0. The van der Waals surface area contributed by atoms with Crippen LogP contribution in [0.4, 0.5) is 0 Å². The van der Waals surface area contributed by atoms with Crippen molar-refractivity contribution in [1.82, 2.24) is 0 Å². The van der Waals surface area contributed by atoms with E-state index < -0.39 is 0 Å². The van der Waals surface area contributed by atoms with Crippen LogP contribution in [0.1, 0.15) is 30.9 Å². The van der Waals surface area contributed by atoms with Crippen LogP contribution in [-0.2, 0) is 6.42 Å². The van der Waals surface area contributed by atoms with Crippen LogP contribution in [-0.4, -0.2) is 30.7 Å². The number of fused-ring (bicyclic) bond motifs is 4. The molecule has 2 aromatic rings. The van der Waals surface area contributed by atoms with Gasteiger partial charge in [0.25, 0.3) is 0 Å². The predicted molar refractivity (Wildman–Crippen MR) is 92.7 cm³/mol. The lowest BCUT2D eigenvalue weighted by molar-refractivity contribution is -0.906. The second kappa shape index (κ2) is 4.23. The van der Waals surface area contributed by atoms with Gasteiger partial charge in [-0.25, -0.2) is 0 Å². The summed E-state index contributed by atoms with van der Waals surface area (Å²) in [6.45, 7) is 8.00. The van der Waals surface area contributed by atoms with E-state index in [0.29, 0.717) is 5.41 Å². The number of hydrogen-bond donors (Lipinski definition) is 0. The number of nitrogens with zero attached hydrogens (tertiary/aromatic N) is 1. The van der Waals surface area contributed by atoms with Crippen LogP contribution in [0.25, 0.3) is 16.8 Å². The fourth-order valence-corrected chi connectivity index (χ4v) is 5.42. The molecule has 0 bridgehead atoms. The molecule has 0 N–H and O–H groups in total. The molecule has 2 aromatic carbocycles. The average molecular weight is 290 g/mol. The topological polar surface area (TPSA) is 0 Å². The highest BCUT2D eigenvalue weighted by atomic mass is 15.4. The van der Waals surface area contributed by atoms with Crippen LogP contribution >= 0.6 is 0 Å². The van der Waals surface area contributed by atoms with Crippen molar-refractivity contribution < 1.29 is 4.48 Å². The molecule has 0 aromatic heterocycles. The van der Waals surface area contributed by atoms with E-state index in [4.69, 9.17) is 0 Å². The standard InChI is InChI=1S/C21H24N/c1-21-13-17-9-8-16-6-2-3-7-19(16)20(17)12-18(21)14-22(15-21)10-4-5-11-22/h2-3,6-9,12H,4-5,10-11,13-15H2,1H3/q+1/t21-/m1/s1. The summed E-state index contributed by atoms with van der Waals surface area (Å²) in [6, 6.07) is 13.6. The Hall–Kier alpha value is -1.60. The summed E-state index contributed by atoms with van der Waals surface area (Å²) < 4.78 is 1.37. The van der Waals surface area contributed by atoms with Gasteiger partial charge in [-0.3, -0.25) is 0 Å². The zero-order valence-electron chi connectivity index (χ0n) is 13.4. The molecule has 0 amide bonds. The third-order valence-electron chi connectivity index (χ3n) is 6.44. The molecule has 2 heterocycles. The number of rotatable bonds is 0. The average Bonchev–Trinajstić information content (AvgIpc) is 3.07. The van der Waals surface area contributed by atoms with Crippen LogP contribution in [0.2, 0.25) is 0 Å². The van der Waals surface area contributed by atoms with Gasteiger partial charge in [0.1, 0.15) is 6.54 Å². The quantitative estimate of drug-likeness (QED) is 0.630. The summed E-state index contributed by atoms with van der Waals surface area (Å²) in [5, 5.41) is 2.82. The molecule has 5 rings (SSSR count). The molecule has 0 radical (unpaired) electrons. The van der Waals surface area contributed by atoms with Gasteiger partial charge >= 0.3 is 0 Å². The Morgan fingerprint density at radius 1 is 1.00 bits per heavy atom. The van der Waals surface area contributed by atoms with E-state index in [2.05, 4.69) is 49.4 Å². The molecule has 1 nitrogen and oxygen atoms in total. The maximum Gasteiger partial charge on any atom is 0.101 e. The molecule has 1 spiro atoms. The second-order valence-electron chi connectivity index (χ2n) is 8.08. The Kier molecular flexibility index (Phi) is 2.48. The minimum absolute atomic E-state index is 0.403. The van der Waals surface area contributed by atoms with Crippen LogP contribution < -0.4 is 0 Å². The summed E-state index contributed by atoms with van der Waals surface area (Å²) in [6.07, 6.45) is 6.66. The maximum atomic E-state index is 2.56. The molecule has 1 aliphatic carbocycles. The molecule has 22 heavy (non-hydrogen) atoms. The minimum atomic E-state index is 0.403. The van der Waals surface area contributed by atoms with Gasteiger partial charge in [0.05, 0.1) is 19.6 Å². The van der Waals surface area contributed by atoms with Crippen molar-refractivity contribution in [2.24, 2.45) is 5.41 Å². The van der Waals surface area contributed by atoms with Gasteiger partial charge in [-0.05, 0) is 46.9 Å². The fraction of sp³-hybridized carbons (Fsp3) is 0.429. The van der Waals surface area contributed by atoms with Crippen LogP contribution in [0.5, 0.6) is 0 Å². The largest absolute Gasteiger partial charge is 0.319 e. The van der Waals surface area contributed by atoms with Crippen LogP contribution in [0.15, 0.2) is 42.0 Å². The normalized spacial score (nSPS) is 28.7. The SMILES string of the molecule is C[C@]12Cc3ccc4ccccc4c3C=C1C[N+]1(CCCC1)C2. The van der Waals surface area contributed by atoms with E-state index in [1.807, 2.05) is 0 Å². The predicted octanol–water partition coefficient (Wildman–Crippen LogP) is 4.41. The molecule has 1 atom stereocenters. The molecule has 2 saturated heterocycles. The lowest BCUT2D eigenvalue weighted by atomic mass is 9.73. The Labute approximate surface area is 132 Å². The molecule has 1 heteroatoms. The van der Waals surface area contributed by atoms with Gasteiger partial charge in [-0.15, -0.1) is 0 Å². The van der Waals surface area contributed by atoms with Gasteiger partial charge in [0.15, 0.2) is 0 Å². The lowest BCUT2D eigenvalue weighted by Gasteiger charge is -2.32. The van der Waals surface area contributed by atoms with E-state index in [0.717, 1.165) is 0 Å². The first-order valence-corrected chi connectivity index (χ1v) is 8.74. The van der Waals surface area contributed by atoms with Crippen LogP contribution in [0.3, 0.4) is 0 Å². The first-order valence-electron chi connectivity index (χ1n) is 8.74. The minimum Gasteiger partial charge on any atom is -0.319 e. The van der Waals surface area contributed by atoms with Gasteiger partial charge in [-0.2, -0.15) is 0 Å². The van der Waals surface area contributed by atoms with Crippen molar-refractivity contribution in [2.75, 3.05) is 26.2 Å². The molecule has 0 unspecified atom stereocenters. The van der Waals surface area contributed by atoms with E-state index in [1.165, 1.54) is 66.3 Å². The maximum absolute atomic E-state index is 2.56. The Morgan fingerprint density at radius 2 is 1.82 bits per heavy atom. The zero-order chi connectivity index (χ0) is 14.8. The van der Waals surface area contributed by atoms with Crippen molar-refractivity contribution in [3.05, 3.63) is 53.1 Å². The number of benzene rings is 2. The first-order chi connectivity index (χ1) is 10.7. The highest BCUT2D eigenvalue weighted by Crippen LogP contribution is 2.49. The monoisotopic (exact) mass is 290 g/mol. The van der Waals surface area contributed by atoms with Gasteiger partial charge in [0.2, 0.25) is 0 Å². The molecule has 112 valence electrons. The molecule has 3 aliphatic rings. The molecule has 2 aliphatic heterocycles. The van der Waals surface area contributed by atoms with Crippen LogP contribution in [0, 0.1) is 5.41 Å². The second-order valence-corrected chi connectivity index (χ2v) is 8.08. The van der Waals surface area contributed by atoms with Gasteiger partial charge in [0, 0.05) is 18.3 Å². The van der Waals surface area contributed by atoms with Crippen molar-refractivity contribution in [3.63, 3.8) is 0 Å². The Bertz CT molecular complexity index is 795. The molecule has 0 saturated carbocycles. The third-order valence-corrected chi connectivity index (χ3v) is 6.44. The fourth-order valence-electron chi connectivity index (χ4n) is 5.42. The summed E-state index contributed by atoms with van der Waals surface area (Å²) >= 11 is 0. The number of quaternary nitrogens is 1. The zero-order valence-corrected chi connectivity index (χ0v) is 13.4. The Morgan fingerprint density at radius 3 is 2.68 bits per heavy atom. The first kappa shape index (κ1) is 12.9. The van der Waals surface area contributed by atoms with Gasteiger partial charge in [-0.1, -0.05) is 36.4 Å². The smallest absolute Gasteiger partial charge is 0.101 e. The highest BCUT2D eigenvalue weighted by Gasteiger charge is 2.51. The molecule has 2 fully saturated rings. The van der Waals surface area contributed by atoms with E-state index in [-0.39, 0.29) is 0 Å². The Balaban J connectivity index is 1.67. The lowest BCUT2D eigenvalue weighted by Crippen LogP contribution is -2.44. The molecular weight excluding hydrogens is 266 g/mol. The van der Waals surface area contributed by atoms with Crippen molar-refractivity contribution in [2.45, 2.75) is 26.2 Å². The van der Waals surface area contributed by atoms with Crippen molar-refractivity contribution >= 4 is 16.8 Å². The summed E-state index contributed by atoms with van der Waals surface area (Å²) in [7, 11) is 0.